The fourth-order valence-electron chi connectivity index (χ4n) is 7.35. The van der Waals surface area contributed by atoms with Crippen LogP contribution in [0.15, 0.2) is 12.2 Å². The smallest absolute Gasteiger partial charge is 0.170 e. The number of hydrogen-bond donors (Lipinski definition) is 4. The Morgan fingerprint density at radius 2 is 1.76 bits per heavy atom. The Labute approximate surface area is 148 Å². The van der Waals surface area contributed by atoms with E-state index in [2.05, 4.69) is 20.4 Å². The first-order valence-electron chi connectivity index (χ1n) is 9.54. The molecule has 0 heterocycles. The number of aliphatic hydroxyl groups excluding tert-OH is 4. The molecular weight excluding hydrogens is 320 g/mol. The standard InChI is InChI=1S/C20H30O5/c1-10-11-4-5-12-19(9-21)13(18(2,3)7-6-14(19)22)8-15(23)20(12,16(10)24)17(11)25/h11-15,17,21-23,25H,1,4-9H2,2-3H3/t11-,12-,13-,14+,15-,17-,19-,20+/m1/s1. The topological polar surface area (TPSA) is 98.0 Å². The van der Waals surface area contributed by atoms with Gasteiger partial charge in [0.2, 0.25) is 0 Å². The van der Waals surface area contributed by atoms with Crippen molar-refractivity contribution in [3.05, 3.63) is 12.2 Å². The lowest BCUT2D eigenvalue weighted by Gasteiger charge is -2.66. The van der Waals surface area contributed by atoms with Gasteiger partial charge in [-0.3, -0.25) is 4.79 Å². The molecule has 1 spiro atoms. The monoisotopic (exact) mass is 350 g/mol. The van der Waals surface area contributed by atoms with E-state index in [-0.39, 0.29) is 29.6 Å². The van der Waals surface area contributed by atoms with Crippen LogP contribution in [0.2, 0.25) is 0 Å². The first kappa shape index (κ1) is 17.7. The van der Waals surface area contributed by atoms with Crippen LogP contribution in [0.1, 0.15) is 46.0 Å². The van der Waals surface area contributed by atoms with Crippen LogP contribution in [0.3, 0.4) is 0 Å². The third kappa shape index (κ3) is 1.76. The molecule has 8 atom stereocenters. The summed E-state index contributed by atoms with van der Waals surface area (Å²) in [7, 11) is 0. The van der Waals surface area contributed by atoms with Crippen molar-refractivity contribution in [2.24, 2.45) is 34.0 Å². The molecule has 4 N–H and O–H groups in total. The van der Waals surface area contributed by atoms with Crippen LogP contribution in [0.25, 0.3) is 0 Å². The summed E-state index contributed by atoms with van der Waals surface area (Å²) in [4.78, 5) is 13.2. The van der Waals surface area contributed by atoms with Gasteiger partial charge in [-0.05, 0) is 54.9 Å². The summed E-state index contributed by atoms with van der Waals surface area (Å²) in [5.41, 5.74) is -1.91. The zero-order chi connectivity index (χ0) is 18.4. The Hall–Kier alpha value is -0.750. The van der Waals surface area contributed by atoms with E-state index in [9.17, 15) is 25.2 Å². The zero-order valence-corrected chi connectivity index (χ0v) is 15.1. The van der Waals surface area contributed by atoms with Crippen LogP contribution >= 0.6 is 0 Å². The molecule has 4 aliphatic rings. The second kappa shape index (κ2) is 5.16. The molecule has 140 valence electrons. The number of carbonyl (C=O) groups excluding carboxylic acids is 1. The normalized spacial score (nSPS) is 54.2. The molecule has 25 heavy (non-hydrogen) atoms. The summed E-state index contributed by atoms with van der Waals surface area (Å²) >= 11 is 0. The van der Waals surface area contributed by atoms with Gasteiger partial charge in [0.1, 0.15) is 0 Å². The van der Waals surface area contributed by atoms with Crippen molar-refractivity contribution in [1.29, 1.82) is 0 Å². The molecule has 0 saturated heterocycles. The second-order valence-electron chi connectivity index (χ2n) is 9.59. The average Bonchev–Trinajstić information content (AvgIpc) is 2.68. The molecular formula is C20H30O5. The van der Waals surface area contributed by atoms with E-state index in [0.29, 0.717) is 31.3 Å². The van der Waals surface area contributed by atoms with E-state index in [1.807, 2.05) is 0 Å². The maximum Gasteiger partial charge on any atom is 0.170 e. The van der Waals surface area contributed by atoms with Crippen LogP contribution in [0.5, 0.6) is 0 Å². The minimum absolute atomic E-state index is 0.0928. The molecule has 4 fully saturated rings. The molecule has 2 bridgehead atoms. The number of hydrogen-bond acceptors (Lipinski definition) is 5. The van der Waals surface area contributed by atoms with Crippen molar-refractivity contribution in [2.45, 2.75) is 64.3 Å². The average molecular weight is 350 g/mol. The SMILES string of the molecule is C=C1C(=O)[C@@]23[C@H](O)C[C@@H]4C(C)(C)CC[C@H](O)[C@]4(CO)[C@H]2CC[C@H]1[C@H]3O. The number of Topliss-reactive ketones (excluding diaryl/α,β-unsaturated/α-hetero) is 1. The summed E-state index contributed by atoms with van der Waals surface area (Å²) in [6.07, 6.45) is 0.291. The zero-order valence-electron chi connectivity index (χ0n) is 15.1. The molecule has 5 heteroatoms. The molecule has 4 rings (SSSR count). The fraction of sp³-hybridized carbons (Fsp3) is 0.850. The first-order chi connectivity index (χ1) is 11.7. The third-order valence-electron chi connectivity index (χ3n) is 8.55. The van der Waals surface area contributed by atoms with Gasteiger partial charge >= 0.3 is 0 Å². The highest BCUT2D eigenvalue weighted by Gasteiger charge is 2.76. The molecule has 0 aromatic heterocycles. The van der Waals surface area contributed by atoms with E-state index in [1.165, 1.54) is 0 Å². The maximum atomic E-state index is 13.2. The van der Waals surface area contributed by atoms with Gasteiger partial charge in [-0.1, -0.05) is 20.4 Å². The van der Waals surface area contributed by atoms with E-state index < -0.39 is 35.1 Å². The summed E-state index contributed by atoms with van der Waals surface area (Å²) in [5, 5.41) is 43.7. The molecule has 4 aliphatic carbocycles. The van der Waals surface area contributed by atoms with Crippen molar-refractivity contribution in [2.75, 3.05) is 6.61 Å². The van der Waals surface area contributed by atoms with Crippen LogP contribution in [0, 0.1) is 34.0 Å². The Morgan fingerprint density at radius 1 is 1.08 bits per heavy atom. The van der Waals surface area contributed by atoms with Gasteiger partial charge < -0.3 is 20.4 Å². The van der Waals surface area contributed by atoms with Crippen molar-refractivity contribution in [3.8, 4) is 0 Å². The van der Waals surface area contributed by atoms with Crippen LogP contribution in [-0.4, -0.2) is 51.1 Å². The van der Waals surface area contributed by atoms with E-state index in [4.69, 9.17) is 0 Å². The molecule has 5 nitrogen and oxygen atoms in total. The molecule has 0 aromatic rings. The molecule has 4 saturated carbocycles. The summed E-state index contributed by atoms with van der Waals surface area (Å²) in [6.45, 7) is 7.92. The predicted molar refractivity (Wildman–Crippen MR) is 91.5 cm³/mol. The molecule has 0 aromatic carbocycles. The van der Waals surface area contributed by atoms with Crippen LogP contribution < -0.4 is 0 Å². The maximum absolute atomic E-state index is 13.2. The number of fused-ring (bicyclic) bond motifs is 3. The van der Waals surface area contributed by atoms with E-state index in [1.54, 1.807) is 0 Å². The lowest BCUT2D eigenvalue weighted by atomic mass is 9.38. The van der Waals surface area contributed by atoms with Crippen LogP contribution in [-0.2, 0) is 4.79 Å². The number of aliphatic hydroxyl groups is 4. The summed E-state index contributed by atoms with van der Waals surface area (Å²) < 4.78 is 0. The molecule has 0 unspecified atom stereocenters. The largest absolute Gasteiger partial charge is 0.396 e. The number of carbonyl (C=O) groups is 1. The van der Waals surface area contributed by atoms with Gasteiger partial charge in [0, 0.05) is 11.3 Å². The lowest BCUT2D eigenvalue weighted by Crippen LogP contribution is -2.71. The quantitative estimate of drug-likeness (QED) is 0.530. The molecule has 0 aliphatic heterocycles. The highest BCUT2D eigenvalue weighted by molar-refractivity contribution is 6.04. The third-order valence-corrected chi connectivity index (χ3v) is 8.55. The number of ketones is 1. The number of rotatable bonds is 1. The van der Waals surface area contributed by atoms with Crippen molar-refractivity contribution < 1.29 is 25.2 Å². The Balaban J connectivity index is 1.94. The minimum Gasteiger partial charge on any atom is -0.396 e. The van der Waals surface area contributed by atoms with Gasteiger partial charge in [0.25, 0.3) is 0 Å². The molecule has 0 amide bonds. The molecule has 0 radical (unpaired) electrons. The highest BCUT2D eigenvalue weighted by atomic mass is 16.3. The minimum atomic E-state index is -1.31. The van der Waals surface area contributed by atoms with Crippen LogP contribution in [0.4, 0.5) is 0 Å². The Bertz CT molecular complexity index is 628. The Morgan fingerprint density at radius 3 is 2.40 bits per heavy atom. The van der Waals surface area contributed by atoms with Gasteiger partial charge in [0.05, 0.1) is 30.3 Å². The highest BCUT2D eigenvalue weighted by Crippen LogP contribution is 2.70. The Kier molecular flexibility index (Phi) is 3.64. The second-order valence-corrected chi connectivity index (χ2v) is 9.59. The van der Waals surface area contributed by atoms with E-state index >= 15 is 0 Å². The van der Waals surface area contributed by atoms with Gasteiger partial charge in [0.15, 0.2) is 5.78 Å². The van der Waals surface area contributed by atoms with Gasteiger partial charge in [-0.2, -0.15) is 0 Å². The van der Waals surface area contributed by atoms with Crippen molar-refractivity contribution >= 4 is 5.78 Å². The van der Waals surface area contributed by atoms with Crippen molar-refractivity contribution in [3.63, 3.8) is 0 Å². The van der Waals surface area contributed by atoms with E-state index in [0.717, 1.165) is 6.42 Å². The van der Waals surface area contributed by atoms with Gasteiger partial charge in [-0.25, -0.2) is 0 Å². The lowest BCUT2D eigenvalue weighted by molar-refractivity contribution is -0.267. The van der Waals surface area contributed by atoms with Crippen molar-refractivity contribution in [1.82, 2.24) is 0 Å². The fourth-order valence-corrected chi connectivity index (χ4v) is 7.35. The first-order valence-corrected chi connectivity index (χ1v) is 9.54. The van der Waals surface area contributed by atoms with Gasteiger partial charge in [-0.15, -0.1) is 0 Å². The summed E-state index contributed by atoms with van der Waals surface area (Å²) in [5.74, 6) is -1.07. The summed E-state index contributed by atoms with van der Waals surface area (Å²) in [6, 6.07) is 0. The predicted octanol–water partition coefficient (Wildman–Crippen LogP) is 1.04.